The molecular formula is C12H13NO. The van der Waals surface area contributed by atoms with Gasteiger partial charge in [0.2, 0.25) is 5.91 Å². The van der Waals surface area contributed by atoms with Crippen LogP contribution in [0.4, 0.5) is 0 Å². The lowest BCUT2D eigenvalue weighted by molar-refractivity contribution is -0.127. The SMILES string of the molecule is O=C1NCCC12Cc1ccccc1C2. The molecular weight excluding hydrogens is 174 g/mol. The molecule has 14 heavy (non-hydrogen) atoms. The Hall–Kier alpha value is -1.31. The van der Waals surface area contributed by atoms with Gasteiger partial charge in [-0.25, -0.2) is 0 Å². The van der Waals surface area contributed by atoms with Crippen molar-refractivity contribution < 1.29 is 4.79 Å². The van der Waals surface area contributed by atoms with Crippen molar-refractivity contribution in [1.82, 2.24) is 5.32 Å². The van der Waals surface area contributed by atoms with Crippen molar-refractivity contribution in [3.05, 3.63) is 35.4 Å². The minimum Gasteiger partial charge on any atom is -0.356 e. The van der Waals surface area contributed by atoms with E-state index in [1.807, 2.05) is 0 Å². The smallest absolute Gasteiger partial charge is 0.226 e. The monoisotopic (exact) mass is 187 g/mol. The van der Waals surface area contributed by atoms with E-state index in [1.54, 1.807) is 0 Å². The molecule has 1 fully saturated rings. The van der Waals surface area contributed by atoms with Gasteiger partial charge < -0.3 is 5.32 Å². The van der Waals surface area contributed by atoms with E-state index >= 15 is 0 Å². The fourth-order valence-corrected chi connectivity index (χ4v) is 2.75. The van der Waals surface area contributed by atoms with Gasteiger partial charge in [0, 0.05) is 6.54 Å². The highest BCUT2D eigenvalue weighted by molar-refractivity contribution is 5.86. The molecule has 1 amide bonds. The maximum Gasteiger partial charge on any atom is 0.226 e. The van der Waals surface area contributed by atoms with Crippen LogP contribution in [0.2, 0.25) is 0 Å². The lowest BCUT2D eigenvalue weighted by atomic mass is 9.83. The minimum atomic E-state index is -0.0936. The molecule has 1 saturated heterocycles. The third-order valence-corrected chi connectivity index (χ3v) is 3.55. The average molecular weight is 187 g/mol. The van der Waals surface area contributed by atoms with Gasteiger partial charge in [0.15, 0.2) is 0 Å². The van der Waals surface area contributed by atoms with Crippen LogP contribution in [0.3, 0.4) is 0 Å². The molecule has 1 aliphatic carbocycles. The van der Waals surface area contributed by atoms with E-state index < -0.39 is 0 Å². The lowest BCUT2D eigenvalue weighted by Gasteiger charge is -2.17. The molecule has 3 rings (SSSR count). The van der Waals surface area contributed by atoms with Crippen LogP contribution >= 0.6 is 0 Å². The Morgan fingerprint density at radius 1 is 1.14 bits per heavy atom. The number of carbonyl (C=O) groups is 1. The zero-order chi connectivity index (χ0) is 9.60. The molecule has 2 nitrogen and oxygen atoms in total. The second-order valence-electron chi connectivity index (χ2n) is 4.41. The third kappa shape index (κ3) is 0.939. The van der Waals surface area contributed by atoms with E-state index in [-0.39, 0.29) is 11.3 Å². The highest BCUT2D eigenvalue weighted by Crippen LogP contribution is 2.41. The summed E-state index contributed by atoms with van der Waals surface area (Å²) in [5, 5.41) is 2.95. The Morgan fingerprint density at radius 2 is 1.79 bits per heavy atom. The molecule has 0 radical (unpaired) electrons. The van der Waals surface area contributed by atoms with E-state index in [2.05, 4.69) is 29.6 Å². The van der Waals surface area contributed by atoms with Crippen LogP contribution in [0, 0.1) is 5.41 Å². The Morgan fingerprint density at radius 3 is 2.29 bits per heavy atom. The van der Waals surface area contributed by atoms with Crippen molar-refractivity contribution in [2.24, 2.45) is 5.41 Å². The molecule has 1 aromatic rings. The topological polar surface area (TPSA) is 29.1 Å². The van der Waals surface area contributed by atoms with Crippen molar-refractivity contribution in [3.63, 3.8) is 0 Å². The molecule has 72 valence electrons. The van der Waals surface area contributed by atoms with Crippen molar-refractivity contribution in [2.45, 2.75) is 19.3 Å². The number of benzene rings is 1. The first-order chi connectivity index (χ1) is 6.80. The molecule has 0 saturated carbocycles. The van der Waals surface area contributed by atoms with E-state index in [0.717, 1.165) is 25.8 Å². The summed E-state index contributed by atoms with van der Waals surface area (Å²) in [6, 6.07) is 8.42. The molecule has 1 aromatic carbocycles. The number of amides is 1. The Labute approximate surface area is 83.3 Å². The third-order valence-electron chi connectivity index (χ3n) is 3.55. The fourth-order valence-electron chi connectivity index (χ4n) is 2.75. The van der Waals surface area contributed by atoms with E-state index in [9.17, 15) is 4.79 Å². The van der Waals surface area contributed by atoms with Crippen LogP contribution < -0.4 is 5.32 Å². The maximum atomic E-state index is 11.8. The molecule has 1 N–H and O–H groups in total. The fraction of sp³-hybridized carbons (Fsp3) is 0.417. The zero-order valence-corrected chi connectivity index (χ0v) is 8.05. The maximum absolute atomic E-state index is 11.8. The minimum absolute atomic E-state index is 0.0936. The number of nitrogens with one attached hydrogen (secondary N) is 1. The standard InChI is InChI=1S/C12H13NO/c14-11-12(5-6-13-11)7-9-3-1-2-4-10(9)8-12/h1-4H,5-8H2,(H,13,14). The van der Waals surface area contributed by atoms with Gasteiger partial charge >= 0.3 is 0 Å². The lowest BCUT2D eigenvalue weighted by Crippen LogP contribution is -2.31. The molecule has 0 bridgehead atoms. The van der Waals surface area contributed by atoms with Crippen LogP contribution in [0.1, 0.15) is 17.5 Å². The van der Waals surface area contributed by atoms with Gasteiger partial charge in [0.25, 0.3) is 0 Å². The van der Waals surface area contributed by atoms with Crippen molar-refractivity contribution in [2.75, 3.05) is 6.54 Å². The quantitative estimate of drug-likeness (QED) is 0.651. The van der Waals surface area contributed by atoms with Crippen molar-refractivity contribution in [3.8, 4) is 0 Å². The number of rotatable bonds is 0. The summed E-state index contributed by atoms with van der Waals surface area (Å²) < 4.78 is 0. The van der Waals surface area contributed by atoms with E-state index in [1.165, 1.54) is 11.1 Å². The summed E-state index contributed by atoms with van der Waals surface area (Å²) in [5.41, 5.74) is 2.64. The summed E-state index contributed by atoms with van der Waals surface area (Å²) in [7, 11) is 0. The van der Waals surface area contributed by atoms with Crippen LogP contribution in [0.25, 0.3) is 0 Å². The Kier molecular flexibility index (Phi) is 1.49. The summed E-state index contributed by atoms with van der Waals surface area (Å²) in [4.78, 5) is 11.8. The molecule has 1 heterocycles. The first kappa shape index (κ1) is 8.04. The highest BCUT2D eigenvalue weighted by Gasteiger charge is 2.46. The summed E-state index contributed by atoms with van der Waals surface area (Å²) in [5.74, 6) is 0.258. The first-order valence-electron chi connectivity index (χ1n) is 5.15. The number of carbonyl (C=O) groups excluding carboxylic acids is 1. The first-order valence-corrected chi connectivity index (χ1v) is 5.15. The van der Waals surface area contributed by atoms with Crippen LogP contribution in [-0.2, 0) is 17.6 Å². The second-order valence-corrected chi connectivity index (χ2v) is 4.41. The number of fused-ring (bicyclic) bond motifs is 1. The van der Waals surface area contributed by atoms with Gasteiger partial charge in [-0.05, 0) is 30.4 Å². The molecule has 2 aliphatic rings. The summed E-state index contributed by atoms with van der Waals surface area (Å²) >= 11 is 0. The predicted molar refractivity (Wildman–Crippen MR) is 53.9 cm³/mol. The second kappa shape index (κ2) is 2.59. The molecule has 1 aliphatic heterocycles. The molecule has 0 unspecified atom stereocenters. The van der Waals surface area contributed by atoms with Gasteiger partial charge in [-0.3, -0.25) is 4.79 Å². The van der Waals surface area contributed by atoms with Gasteiger partial charge in [0.05, 0.1) is 5.41 Å². The molecule has 2 heteroatoms. The zero-order valence-electron chi connectivity index (χ0n) is 8.05. The summed E-state index contributed by atoms with van der Waals surface area (Å²) in [6.07, 6.45) is 2.88. The Balaban J connectivity index is 2.01. The van der Waals surface area contributed by atoms with Crippen LogP contribution in [0.15, 0.2) is 24.3 Å². The van der Waals surface area contributed by atoms with Crippen LogP contribution in [-0.4, -0.2) is 12.5 Å². The van der Waals surface area contributed by atoms with E-state index in [4.69, 9.17) is 0 Å². The Bertz CT molecular complexity index is 372. The largest absolute Gasteiger partial charge is 0.356 e. The number of hydrogen-bond donors (Lipinski definition) is 1. The average Bonchev–Trinajstić information content (AvgIpc) is 2.71. The predicted octanol–water partition coefficient (Wildman–Crippen LogP) is 1.29. The van der Waals surface area contributed by atoms with Gasteiger partial charge in [-0.15, -0.1) is 0 Å². The van der Waals surface area contributed by atoms with Crippen LogP contribution in [0.5, 0.6) is 0 Å². The van der Waals surface area contributed by atoms with Gasteiger partial charge in [0.1, 0.15) is 0 Å². The van der Waals surface area contributed by atoms with Gasteiger partial charge in [-0.1, -0.05) is 24.3 Å². The molecule has 1 spiro atoms. The highest BCUT2D eigenvalue weighted by atomic mass is 16.2. The van der Waals surface area contributed by atoms with Crippen molar-refractivity contribution >= 4 is 5.91 Å². The van der Waals surface area contributed by atoms with Gasteiger partial charge in [-0.2, -0.15) is 0 Å². The van der Waals surface area contributed by atoms with E-state index in [0.29, 0.717) is 0 Å². The molecule has 0 atom stereocenters. The normalized spacial score (nSPS) is 22.4. The number of hydrogen-bond acceptors (Lipinski definition) is 1. The molecule has 0 aromatic heterocycles. The van der Waals surface area contributed by atoms with Crippen molar-refractivity contribution in [1.29, 1.82) is 0 Å². The summed E-state index contributed by atoms with van der Waals surface area (Å²) in [6.45, 7) is 0.854.